The summed E-state index contributed by atoms with van der Waals surface area (Å²) in [6, 6.07) is -0.847. The molecule has 0 radical (unpaired) electrons. The van der Waals surface area contributed by atoms with Crippen LogP contribution >= 0.6 is 7.82 Å². The number of nitrogens with zero attached hydrogens (tertiary/aromatic N) is 1. The number of likely N-dealkylation sites (N-methyl/N-ethyl adjacent to an activating group) is 1. The first-order valence-corrected chi connectivity index (χ1v) is 37.4. The van der Waals surface area contributed by atoms with Crippen LogP contribution in [0.25, 0.3) is 0 Å². The minimum absolute atomic E-state index is 0.0632. The molecule has 0 rings (SSSR count). The molecule has 0 aliphatic rings. The summed E-state index contributed by atoms with van der Waals surface area (Å²) in [5.41, 5.74) is 0. The smallest absolute Gasteiger partial charge is 0.387 e. The van der Waals surface area contributed by atoms with Crippen molar-refractivity contribution >= 4 is 13.7 Å². The maximum absolute atomic E-state index is 13.1. The van der Waals surface area contributed by atoms with E-state index in [4.69, 9.17) is 9.05 Å². The molecule has 8 nitrogen and oxygen atoms in total. The van der Waals surface area contributed by atoms with Crippen LogP contribution in [0.2, 0.25) is 0 Å². The van der Waals surface area contributed by atoms with E-state index in [9.17, 15) is 19.4 Å². The molecule has 0 aromatic carbocycles. The van der Waals surface area contributed by atoms with Gasteiger partial charge in [-0.25, -0.2) is 4.57 Å². The third-order valence-electron chi connectivity index (χ3n) is 16.6. The Hall–Kier alpha value is -1.28. The van der Waals surface area contributed by atoms with Crippen molar-refractivity contribution in [2.75, 3.05) is 40.9 Å². The third-order valence-corrected chi connectivity index (χ3v) is 17.6. The number of hydrogen-bond donors (Lipinski definition) is 3. The van der Waals surface area contributed by atoms with Crippen LogP contribution in [0.4, 0.5) is 0 Å². The minimum atomic E-state index is -4.35. The Bertz CT molecular complexity index is 1410. The lowest BCUT2D eigenvalue weighted by molar-refractivity contribution is -0.870. The molecular formula is C72H142N2O6P+. The van der Waals surface area contributed by atoms with Crippen LogP contribution in [0.1, 0.15) is 367 Å². The monoisotopic (exact) mass is 1160 g/mol. The van der Waals surface area contributed by atoms with Crippen LogP contribution in [0.15, 0.2) is 36.5 Å². The zero-order valence-electron chi connectivity index (χ0n) is 55.1. The highest BCUT2D eigenvalue weighted by atomic mass is 31.2. The van der Waals surface area contributed by atoms with Crippen LogP contribution in [0.3, 0.4) is 0 Å². The predicted molar refractivity (Wildman–Crippen MR) is 355 cm³/mol. The summed E-state index contributed by atoms with van der Waals surface area (Å²) in [6.07, 6.45) is 84.4. The van der Waals surface area contributed by atoms with Gasteiger partial charge in [-0.1, -0.05) is 346 Å². The van der Waals surface area contributed by atoms with Gasteiger partial charge in [0.2, 0.25) is 5.91 Å². The number of quaternary nitrogens is 1. The van der Waals surface area contributed by atoms with E-state index in [0.29, 0.717) is 17.4 Å². The van der Waals surface area contributed by atoms with Crippen molar-refractivity contribution in [2.45, 2.75) is 379 Å². The van der Waals surface area contributed by atoms with E-state index >= 15 is 0 Å². The molecule has 3 atom stereocenters. The molecule has 81 heavy (non-hydrogen) atoms. The van der Waals surface area contributed by atoms with Crippen molar-refractivity contribution in [1.29, 1.82) is 0 Å². The number of carbonyl (C=O) groups is 1. The molecule has 3 unspecified atom stereocenters. The van der Waals surface area contributed by atoms with Crippen LogP contribution in [0.5, 0.6) is 0 Å². The molecule has 0 heterocycles. The second-order valence-corrected chi connectivity index (χ2v) is 27.4. The number of amides is 1. The van der Waals surface area contributed by atoms with Gasteiger partial charge in [-0.3, -0.25) is 13.8 Å². The molecule has 480 valence electrons. The van der Waals surface area contributed by atoms with Gasteiger partial charge in [0.1, 0.15) is 13.2 Å². The van der Waals surface area contributed by atoms with Gasteiger partial charge < -0.3 is 19.8 Å². The highest BCUT2D eigenvalue weighted by Crippen LogP contribution is 2.43. The van der Waals surface area contributed by atoms with Gasteiger partial charge in [-0.05, 0) is 51.4 Å². The number of aliphatic hydroxyl groups is 1. The second kappa shape index (κ2) is 63.2. The van der Waals surface area contributed by atoms with Gasteiger partial charge in [-0.15, -0.1) is 0 Å². The number of phosphoric acid groups is 1. The normalized spacial score (nSPS) is 13.8. The van der Waals surface area contributed by atoms with E-state index in [0.717, 1.165) is 38.5 Å². The Morgan fingerprint density at radius 1 is 0.420 bits per heavy atom. The van der Waals surface area contributed by atoms with Crippen molar-refractivity contribution in [2.24, 2.45) is 0 Å². The summed E-state index contributed by atoms with van der Waals surface area (Å²) in [6.45, 7) is 4.88. The highest BCUT2D eigenvalue weighted by Gasteiger charge is 2.28. The van der Waals surface area contributed by atoms with Crippen molar-refractivity contribution in [3.8, 4) is 0 Å². The molecule has 0 spiro atoms. The number of hydrogen-bond acceptors (Lipinski definition) is 5. The number of phosphoric ester groups is 1. The van der Waals surface area contributed by atoms with Crippen LogP contribution < -0.4 is 5.32 Å². The lowest BCUT2D eigenvalue weighted by Gasteiger charge is -2.25. The predicted octanol–water partition coefficient (Wildman–Crippen LogP) is 22.8. The summed E-state index contributed by atoms with van der Waals surface area (Å²) in [7, 11) is 1.59. The summed E-state index contributed by atoms with van der Waals surface area (Å²) in [4.78, 5) is 23.4. The molecule has 0 aliphatic carbocycles. The zero-order chi connectivity index (χ0) is 59.1. The Balaban J connectivity index is 3.98. The van der Waals surface area contributed by atoms with Gasteiger partial charge in [0.05, 0.1) is 39.9 Å². The maximum Gasteiger partial charge on any atom is 0.472 e. The van der Waals surface area contributed by atoms with E-state index in [1.54, 1.807) is 6.08 Å². The first kappa shape index (κ1) is 79.7. The molecular weight excluding hydrogens is 1020 g/mol. The number of allylic oxidation sites excluding steroid dienone is 5. The van der Waals surface area contributed by atoms with E-state index in [1.807, 2.05) is 27.2 Å². The van der Waals surface area contributed by atoms with Crippen LogP contribution in [-0.2, 0) is 18.4 Å². The van der Waals surface area contributed by atoms with Gasteiger partial charge in [0, 0.05) is 6.42 Å². The molecule has 9 heteroatoms. The van der Waals surface area contributed by atoms with Crippen LogP contribution in [-0.4, -0.2) is 73.4 Å². The van der Waals surface area contributed by atoms with Gasteiger partial charge >= 0.3 is 7.82 Å². The molecule has 0 fully saturated rings. The molecule has 0 aromatic heterocycles. The lowest BCUT2D eigenvalue weighted by atomic mass is 10.0. The third kappa shape index (κ3) is 66.1. The number of carbonyl (C=O) groups excluding carboxylic acids is 1. The number of nitrogens with one attached hydrogen (secondary N) is 1. The van der Waals surface area contributed by atoms with Crippen molar-refractivity contribution < 1.29 is 32.9 Å². The largest absolute Gasteiger partial charge is 0.472 e. The van der Waals surface area contributed by atoms with E-state index in [-0.39, 0.29) is 19.1 Å². The fourth-order valence-electron chi connectivity index (χ4n) is 11.0. The van der Waals surface area contributed by atoms with Gasteiger partial charge in [0.25, 0.3) is 0 Å². The average molecular weight is 1160 g/mol. The Kier molecular flexibility index (Phi) is 62.2. The highest BCUT2D eigenvalue weighted by molar-refractivity contribution is 7.47. The summed E-state index contributed by atoms with van der Waals surface area (Å²) in [5, 5.41) is 14.0. The van der Waals surface area contributed by atoms with Crippen molar-refractivity contribution in [1.82, 2.24) is 5.32 Å². The second-order valence-electron chi connectivity index (χ2n) is 26.0. The Labute approximate surface area is 506 Å². The number of unbranched alkanes of at least 4 members (excludes halogenated alkanes) is 50. The fraction of sp³-hybridized carbons (Fsp3) is 0.903. The first-order chi connectivity index (χ1) is 39.5. The zero-order valence-corrected chi connectivity index (χ0v) is 55.9. The quantitative estimate of drug-likeness (QED) is 0.0243. The molecule has 0 aromatic rings. The molecule has 0 saturated heterocycles. The molecule has 3 N–H and O–H groups in total. The Morgan fingerprint density at radius 3 is 1.01 bits per heavy atom. The lowest BCUT2D eigenvalue weighted by Crippen LogP contribution is -2.45. The SMILES string of the molecule is CCCCCCCCCCCCCCC/C=C\C/C=C\CCCCCCCCCCCCCCCCCCCC(=O)NC(COP(=O)(O)OCC[N+](C)(C)C)C(O)/C=C/CCCCCCCCCCCCCCCCCCCCCC. The van der Waals surface area contributed by atoms with E-state index < -0.39 is 20.0 Å². The van der Waals surface area contributed by atoms with Gasteiger partial charge in [0.15, 0.2) is 0 Å². The summed E-state index contributed by atoms with van der Waals surface area (Å²) >= 11 is 0. The van der Waals surface area contributed by atoms with E-state index in [2.05, 4.69) is 43.5 Å². The summed E-state index contributed by atoms with van der Waals surface area (Å²) < 4.78 is 23.8. The fourth-order valence-corrected chi connectivity index (χ4v) is 11.8. The van der Waals surface area contributed by atoms with Crippen molar-refractivity contribution in [3.05, 3.63) is 36.5 Å². The van der Waals surface area contributed by atoms with E-state index in [1.165, 1.54) is 308 Å². The molecule has 0 bridgehead atoms. The Morgan fingerprint density at radius 2 is 0.704 bits per heavy atom. The topological polar surface area (TPSA) is 105 Å². The molecule has 0 aliphatic heterocycles. The number of aliphatic hydroxyl groups excluding tert-OH is 1. The van der Waals surface area contributed by atoms with Crippen molar-refractivity contribution in [3.63, 3.8) is 0 Å². The number of rotatable bonds is 67. The summed E-state index contributed by atoms with van der Waals surface area (Å²) in [5.74, 6) is -0.170. The molecule has 1 amide bonds. The first-order valence-electron chi connectivity index (χ1n) is 35.9. The molecule has 0 saturated carbocycles. The average Bonchev–Trinajstić information content (AvgIpc) is 3.43. The maximum atomic E-state index is 13.1. The van der Waals surface area contributed by atoms with Crippen LogP contribution in [0, 0.1) is 0 Å². The standard InChI is InChI=1S/C72H141N2O6P/c1-6-8-10-12-14-16-18-20-22-24-26-28-30-31-32-33-34-35-36-37-38-39-40-41-42-43-44-46-48-50-52-54-56-58-60-62-64-66-72(76)73-70(69-80-81(77,78)79-68-67-74(3,4)5)71(75)65-63-61-59-57-55-53-51-49-47-45-29-27-25-23-21-19-17-15-13-11-9-7-2/h32-33,35-36,63,65,70-71,75H,6-31,34,37-62,64,66-69H2,1-5H3,(H-,73,76,77,78)/p+1/b33-32-,36-35-,65-63+. The van der Waals surface area contributed by atoms with Gasteiger partial charge in [-0.2, -0.15) is 0 Å². The minimum Gasteiger partial charge on any atom is -0.387 e.